The number of sulfonamides is 1. The molecule has 1 aliphatic heterocycles. The summed E-state index contributed by atoms with van der Waals surface area (Å²) in [6, 6.07) is 9.91. The number of fused-ring (bicyclic) bond motifs is 1. The summed E-state index contributed by atoms with van der Waals surface area (Å²) < 4.78 is 27.3. The van der Waals surface area contributed by atoms with Crippen LogP contribution >= 0.6 is 0 Å². The van der Waals surface area contributed by atoms with Gasteiger partial charge in [0.2, 0.25) is 15.9 Å². The van der Waals surface area contributed by atoms with Crippen molar-refractivity contribution in [3.05, 3.63) is 35.9 Å². The van der Waals surface area contributed by atoms with Gasteiger partial charge in [-0.2, -0.15) is 0 Å². The first-order valence-electron chi connectivity index (χ1n) is 9.39. The lowest BCUT2D eigenvalue weighted by atomic mass is 9.69. The van der Waals surface area contributed by atoms with Gasteiger partial charge in [0, 0.05) is 11.3 Å². The summed E-state index contributed by atoms with van der Waals surface area (Å²) in [6.07, 6.45) is 3.70. The summed E-state index contributed by atoms with van der Waals surface area (Å²) in [6.45, 7) is 4.44. The normalized spacial score (nSPS) is 42.4. The molecule has 4 nitrogen and oxygen atoms in total. The fraction of sp³-hybridized carbons (Fsp3) is 0.650. The van der Waals surface area contributed by atoms with Gasteiger partial charge < -0.3 is 0 Å². The van der Waals surface area contributed by atoms with Crippen molar-refractivity contribution in [1.82, 2.24) is 4.31 Å². The molecule has 3 aliphatic carbocycles. The van der Waals surface area contributed by atoms with Crippen LogP contribution in [0.15, 0.2) is 30.3 Å². The number of hydrogen-bond donors (Lipinski definition) is 0. The van der Waals surface area contributed by atoms with E-state index >= 15 is 0 Å². The Kier molecular flexibility index (Phi) is 2.96. The van der Waals surface area contributed by atoms with E-state index in [1.54, 1.807) is 0 Å². The predicted molar refractivity (Wildman–Crippen MR) is 95.3 cm³/mol. The van der Waals surface area contributed by atoms with E-state index in [0.717, 1.165) is 31.2 Å². The van der Waals surface area contributed by atoms with Crippen molar-refractivity contribution in [3.63, 3.8) is 0 Å². The van der Waals surface area contributed by atoms with Gasteiger partial charge in [0.05, 0.1) is 11.8 Å². The second-order valence-corrected chi connectivity index (χ2v) is 11.0. The highest BCUT2D eigenvalue weighted by atomic mass is 32.2. The zero-order chi connectivity index (χ0) is 17.6. The van der Waals surface area contributed by atoms with Crippen molar-refractivity contribution in [2.45, 2.75) is 51.5 Å². The highest BCUT2D eigenvalue weighted by molar-refractivity contribution is 7.90. The molecule has 5 atom stereocenters. The van der Waals surface area contributed by atoms with Gasteiger partial charge in [-0.15, -0.1) is 0 Å². The van der Waals surface area contributed by atoms with Gasteiger partial charge >= 0.3 is 0 Å². The number of benzene rings is 1. The fourth-order valence-electron chi connectivity index (χ4n) is 6.28. The van der Waals surface area contributed by atoms with Crippen LogP contribution in [0.3, 0.4) is 0 Å². The number of carbonyl (C=O) groups is 1. The zero-order valence-electron chi connectivity index (χ0n) is 14.8. The summed E-state index contributed by atoms with van der Waals surface area (Å²) in [4.78, 5) is 13.2. The molecule has 2 bridgehead atoms. The van der Waals surface area contributed by atoms with Crippen LogP contribution in [0.4, 0.5) is 0 Å². The molecule has 4 fully saturated rings. The molecule has 0 aromatic heterocycles. The van der Waals surface area contributed by atoms with E-state index < -0.39 is 10.0 Å². The minimum atomic E-state index is -3.49. The molecule has 1 saturated heterocycles. The Labute approximate surface area is 149 Å². The van der Waals surface area contributed by atoms with Gasteiger partial charge in [-0.05, 0) is 48.5 Å². The van der Waals surface area contributed by atoms with Gasteiger partial charge in [0.1, 0.15) is 0 Å². The van der Waals surface area contributed by atoms with E-state index in [4.69, 9.17) is 0 Å². The highest BCUT2D eigenvalue weighted by Crippen LogP contribution is 2.70. The number of rotatable bonds is 2. The van der Waals surface area contributed by atoms with Crippen LogP contribution in [0.25, 0.3) is 0 Å². The van der Waals surface area contributed by atoms with Crippen molar-refractivity contribution in [3.8, 4) is 0 Å². The third-order valence-corrected chi connectivity index (χ3v) is 9.88. The predicted octanol–water partition coefficient (Wildman–Crippen LogP) is 3.16. The lowest BCUT2D eigenvalue weighted by Crippen LogP contribution is -2.44. The van der Waals surface area contributed by atoms with Crippen molar-refractivity contribution in [1.29, 1.82) is 0 Å². The molecule has 134 valence electrons. The lowest BCUT2D eigenvalue weighted by molar-refractivity contribution is -0.130. The van der Waals surface area contributed by atoms with E-state index in [9.17, 15) is 13.2 Å². The maximum absolute atomic E-state index is 13.2. The van der Waals surface area contributed by atoms with Crippen LogP contribution in [0, 0.1) is 22.7 Å². The first kappa shape index (κ1) is 15.9. The van der Waals surface area contributed by atoms with E-state index in [1.165, 1.54) is 4.31 Å². The minimum Gasteiger partial charge on any atom is -0.273 e. The third-order valence-electron chi connectivity index (χ3n) is 7.96. The van der Waals surface area contributed by atoms with Crippen molar-refractivity contribution >= 4 is 15.9 Å². The molecule has 5 heteroatoms. The minimum absolute atomic E-state index is 0.0160. The molecule has 0 N–H and O–H groups in total. The second kappa shape index (κ2) is 4.67. The van der Waals surface area contributed by atoms with Crippen molar-refractivity contribution < 1.29 is 13.2 Å². The first-order chi connectivity index (χ1) is 11.8. The average Bonchev–Trinajstić information content (AvgIpc) is 3.23. The summed E-state index contributed by atoms with van der Waals surface area (Å²) in [5.41, 5.74) is 0.950. The Balaban J connectivity index is 1.46. The molecule has 0 radical (unpaired) electrons. The smallest absolute Gasteiger partial charge is 0.240 e. The van der Waals surface area contributed by atoms with Crippen molar-refractivity contribution in [2.75, 3.05) is 5.75 Å². The van der Waals surface area contributed by atoms with Gasteiger partial charge in [-0.3, -0.25) is 4.79 Å². The Morgan fingerprint density at radius 1 is 1.16 bits per heavy atom. The van der Waals surface area contributed by atoms with Crippen LogP contribution in [0.2, 0.25) is 0 Å². The molecule has 4 aliphatic rings. The monoisotopic (exact) mass is 359 g/mol. The highest BCUT2D eigenvalue weighted by Gasteiger charge is 2.73. The Hall–Kier alpha value is -1.36. The number of carbonyl (C=O) groups excluding carboxylic acids is 1. The molecule has 0 unspecified atom stereocenters. The average molecular weight is 359 g/mol. The molecule has 1 amide bonds. The van der Waals surface area contributed by atoms with Crippen molar-refractivity contribution in [2.24, 2.45) is 22.7 Å². The van der Waals surface area contributed by atoms with Gasteiger partial charge in [0.25, 0.3) is 0 Å². The van der Waals surface area contributed by atoms with Gasteiger partial charge in [-0.1, -0.05) is 44.2 Å². The standard InChI is InChI=1S/C20H25NO3S/c1-19(2)14-8-9-20(19)12-25(23,24)21(17(20)10-14)18(22)16-11-15(16)13-6-4-3-5-7-13/h3-7,14-17H,8-12H2,1-2H3/t14-,15-,16+,17-,20-/m0/s1. The molecule has 1 aromatic carbocycles. The van der Waals surface area contributed by atoms with E-state index in [2.05, 4.69) is 13.8 Å². The van der Waals surface area contributed by atoms with Gasteiger partial charge in [-0.25, -0.2) is 12.7 Å². The third kappa shape index (κ3) is 1.88. The van der Waals surface area contributed by atoms with Crippen LogP contribution in [0.5, 0.6) is 0 Å². The number of hydrogen-bond acceptors (Lipinski definition) is 3. The first-order valence-corrected chi connectivity index (χ1v) is 11.0. The zero-order valence-corrected chi connectivity index (χ0v) is 15.6. The van der Waals surface area contributed by atoms with Crippen LogP contribution in [0.1, 0.15) is 51.0 Å². The molecule has 1 spiro atoms. The Morgan fingerprint density at radius 3 is 2.56 bits per heavy atom. The van der Waals surface area contributed by atoms with Crippen LogP contribution in [-0.4, -0.2) is 30.4 Å². The molecule has 3 saturated carbocycles. The number of nitrogens with zero attached hydrogens (tertiary/aromatic N) is 1. The maximum atomic E-state index is 13.2. The van der Waals surface area contributed by atoms with Gasteiger partial charge in [0.15, 0.2) is 0 Å². The molecule has 1 heterocycles. The summed E-state index contributed by atoms with van der Waals surface area (Å²) in [5.74, 6) is 0.607. The van der Waals surface area contributed by atoms with Crippen LogP contribution < -0.4 is 0 Å². The summed E-state index contributed by atoms with van der Waals surface area (Å²) in [5, 5.41) is 0. The Morgan fingerprint density at radius 2 is 1.88 bits per heavy atom. The topological polar surface area (TPSA) is 54.5 Å². The molecular weight excluding hydrogens is 334 g/mol. The molecule has 25 heavy (non-hydrogen) atoms. The molecular formula is C20H25NO3S. The summed E-state index contributed by atoms with van der Waals surface area (Å²) >= 11 is 0. The molecule has 1 aromatic rings. The Bertz CT molecular complexity index is 847. The lowest BCUT2D eigenvalue weighted by Gasteiger charge is -2.37. The van der Waals surface area contributed by atoms with Crippen LogP contribution in [-0.2, 0) is 14.8 Å². The number of amides is 1. The SMILES string of the molecule is CC1(C)[C@H]2CC[C@@]13CS(=O)(=O)N(C(=O)[C@@H]1C[C@H]1c1ccccc1)[C@H]3C2. The maximum Gasteiger partial charge on any atom is 0.240 e. The second-order valence-electron chi connectivity index (χ2n) is 9.11. The van der Waals surface area contributed by atoms with E-state index in [0.29, 0.717) is 5.92 Å². The summed E-state index contributed by atoms with van der Waals surface area (Å²) in [7, 11) is -3.49. The van der Waals surface area contributed by atoms with E-state index in [-0.39, 0.29) is 40.4 Å². The largest absolute Gasteiger partial charge is 0.273 e. The molecule has 5 rings (SSSR count). The quantitative estimate of drug-likeness (QED) is 0.815. The fourth-order valence-corrected chi connectivity index (χ4v) is 8.86. The van der Waals surface area contributed by atoms with E-state index in [1.807, 2.05) is 30.3 Å².